The molecular weight excluding hydrogens is 335 g/mol. The second kappa shape index (κ2) is 9.77. The molecule has 1 aromatic carbocycles. The molecule has 1 aliphatic carbocycles. The first-order valence-corrected chi connectivity index (χ1v) is 8.46. The summed E-state index contributed by atoms with van der Waals surface area (Å²) in [6.07, 6.45) is 6.32. The molecule has 0 saturated heterocycles. The van der Waals surface area contributed by atoms with Crippen LogP contribution in [0.2, 0.25) is 0 Å². The zero-order valence-corrected chi connectivity index (χ0v) is 15.1. The second-order valence-electron chi connectivity index (χ2n) is 6.14. The number of allylic oxidation sites excluding steroid dienone is 1. The van der Waals surface area contributed by atoms with Crippen LogP contribution >= 0.6 is 0 Å². The van der Waals surface area contributed by atoms with Crippen LogP contribution in [-0.2, 0) is 9.53 Å². The van der Waals surface area contributed by atoms with Gasteiger partial charge in [0, 0.05) is 31.8 Å². The fraction of sp³-hybridized carbons (Fsp3) is 0.350. The predicted octanol–water partition coefficient (Wildman–Crippen LogP) is 2.71. The molecule has 0 aromatic heterocycles. The number of ether oxygens (including phenoxy) is 2. The fourth-order valence-corrected chi connectivity index (χ4v) is 2.54. The first-order chi connectivity index (χ1) is 12.5. The van der Waals surface area contributed by atoms with Crippen molar-refractivity contribution in [2.24, 2.45) is 0 Å². The van der Waals surface area contributed by atoms with Gasteiger partial charge in [-0.25, -0.2) is 4.39 Å². The summed E-state index contributed by atoms with van der Waals surface area (Å²) in [5.74, 6) is 0.0237. The quantitative estimate of drug-likeness (QED) is 0.711. The van der Waals surface area contributed by atoms with Crippen molar-refractivity contribution in [3.63, 3.8) is 0 Å². The molecule has 2 rings (SSSR count). The van der Waals surface area contributed by atoms with Crippen molar-refractivity contribution in [1.82, 2.24) is 10.6 Å². The Labute approximate surface area is 153 Å². The number of halogens is 1. The topological polar surface area (TPSA) is 59.6 Å². The molecule has 1 aromatic rings. The van der Waals surface area contributed by atoms with Gasteiger partial charge in [0.05, 0.1) is 6.61 Å². The van der Waals surface area contributed by atoms with Gasteiger partial charge in [-0.2, -0.15) is 0 Å². The van der Waals surface area contributed by atoms with E-state index in [1.807, 2.05) is 18.2 Å². The molecule has 0 saturated carbocycles. The first kappa shape index (κ1) is 19.7. The molecule has 0 radical (unpaired) electrons. The monoisotopic (exact) mass is 360 g/mol. The second-order valence-corrected chi connectivity index (χ2v) is 6.14. The van der Waals surface area contributed by atoms with E-state index in [-0.39, 0.29) is 24.4 Å². The summed E-state index contributed by atoms with van der Waals surface area (Å²) >= 11 is 0. The molecule has 0 spiro atoms. The van der Waals surface area contributed by atoms with Gasteiger partial charge < -0.3 is 20.1 Å². The summed E-state index contributed by atoms with van der Waals surface area (Å²) in [6.45, 7) is 6.22. The lowest BCUT2D eigenvalue weighted by atomic mass is 10.0. The Morgan fingerprint density at radius 1 is 1.46 bits per heavy atom. The zero-order chi connectivity index (χ0) is 18.9. The number of methoxy groups -OCH3 is 1. The molecule has 0 aliphatic heterocycles. The van der Waals surface area contributed by atoms with Gasteiger partial charge in [0.25, 0.3) is 0 Å². The normalized spacial score (nSPS) is 17.2. The number of carbonyl (C=O) groups is 1. The fourth-order valence-electron chi connectivity index (χ4n) is 2.54. The molecule has 0 heterocycles. The van der Waals surface area contributed by atoms with Gasteiger partial charge in [0.1, 0.15) is 23.7 Å². The number of nitrogens with one attached hydrogen (secondary N) is 2. The van der Waals surface area contributed by atoms with E-state index in [0.717, 1.165) is 5.57 Å². The number of benzene rings is 1. The van der Waals surface area contributed by atoms with Gasteiger partial charge in [0.15, 0.2) is 0 Å². The highest BCUT2D eigenvalue weighted by Gasteiger charge is 2.18. The Balaban J connectivity index is 1.81. The number of hydrogen-bond acceptors (Lipinski definition) is 4. The van der Waals surface area contributed by atoms with Crippen LogP contribution < -0.4 is 15.4 Å². The summed E-state index contributed by atoms with van der Waals surface area (Å²) in [6, 6.07) is 5.60. The van der Waals surface area contributed by atoms with E-state index >= 15 is 0 Å². The van der Waals surface area contributed by atoms with Crippen molar-refractivity contribution in [2.45, 2.75) is 25.5 Å². The van der Waals surface area contributed by atoms with Crippen LogP contribution in [0.5, 0.6) is 5.75 Å². The Bertz CT molecular complexity index is 700. The lowest BCUT2D eigenvalue weighted by molar-refractivity contribution is -0.124. The lowest BCUT2D eigenvalue weighted by Gasteiger charge is -2.20. The van der Waals surface area contributed by atoms with E-state index in [9.17, 15) is 9.18 Å². The van der Waals surface area contributed by atoms with Crippen LogP contribution in [0, 0.1) is 5.82 Å². The molecule has 0 bridgehead atoms. The van der Waals surface area contributed by atoms with Crippen LogP contribution in [0.4, 0.5) is 4.39 Å². The van der Waals surface area contributed by atoms with Gasteiger partial charge in [0.2, 0.25) is 5.91 Å². The van der Waals surface area contributed by atoms with Crippen LogP contribution in [0.15, 0.2) is 60.3 Å². The van der Waals surface area contributed by atoms with Crippen LogP contribution in [0.1, 0.15) is 13.3 Å². The van der Waals surface area contributed by atoms with Crippen molar-refractivity contribution < 1.29 is 18.7 Å². The summed E-state index contributed by atoms with van der Waals surface area (Å²) in [5.41, 5.74) is 1.69. The molecular formula is C20H25FN2O3. The molecule has 1 aliphatic rings. The van der Waals surface area contributed by atoms with E-state index in [4.69, 9.17) is 9.47 Å². The summed E-state index contributed by atoms with van der Waals surface area (Å²) < 4.78 is 24.0. The van der Waals surface area contributed by atoms with Crippen LogP contribution in [0.3, 0.4) is 0 Å². The minimum Gasteiger partial charge on any atom is -0.486 e. The molecule has 1 amide bonds. The highest BCUT2D eigenvalue weighted by molar-refractivity contribution is 5.82. The molecule has 6 heteroatoms. The van der Waals surface area contributed by atoms with Crippen LogP contribution in [-0.4, -0.2) is 38.3 Å². The van der Waals surface area contributed by atoms with Crippen molar-refractivity contribution in [2.75, 3.05) is 20.3 Å². The number of amides is 1. The maximum Gasteiger partial charge on any atom is 0.245 e. The van der Waals surface area contributed by atoms with Crippen molar-refractivity contribution in [3.8, 4) is 5.75 Å². The number of rotatable bonds is 9. The summed E-state index contributed by atoms with van der Waals surface area (Å²) in [7, 11) is 1.55. The molecule has 140 valence electrons. The molecule has 5 nitrogen and oxygen atoms in total. The minimum atomic E-state index is -0.477. The van der Waals surface area contributed by atoms with Crippen LogP contribution in [0.25, 0.3) is 0 Å². The Hall–Kier alpha value is -2.60. The largest absolute Gasteiger partial charge is 0.486 e. The number of hydrogen-bond donors (Lipinski definition) is 2. The Morgan fingerprint density at radius 3 is 2.88 bits per heavy atom. The molecule has 1 unspecified atom stereocenters. The standard InChI is InChI=1S/C20H25FN2O3/c1-14(2)23-19(13-25-3)20(24)22-12-15-7-9-17(10-8-15)26-18-6-4-5-16(21)11-18/h4-9,11,17,19,23H,1,10,12-13H2,2-3H3,(H,22,24)/t17?,19-/m1/s1. The highest BCUT2D eigenvalue weighted by atomic mass is 19.1. The lowest BCUT2D eigenvalue weighted by Crippen LogP contribution is -2.46. The Kier molecular flexibility index (Phi) is 7.41. The minimum absolute atomic E-state index is 0.150. The molecule has 2 atom stereocenters. The number of carbonyl (C=O) groups excluding carboxylic acids is 1. The Morgan fingerprint density at radius 2 is 2.27 bits per heavy atom. The highest BCUT2D eigenvalue weighted by Crippen LogP contribution is 2.19. The third kappa shape index (κ3) is 6.37. The van der Waals surface area contributed by atoms with E-state index < -0.39 is 6.04 Å². The molecule has 26 heavy (non-hydrogen) atoms. The van der Waals surface area contributed by atoms with Crippen molar-refractivity contribution >= 4 is 5.91 Å². The molecule has 2 N–H and O–H groups in total. The smallest absolute Gasteiger partial charge is 0.245 e. The van der Waals surface area contributed by atoms with Gasteiger partial charge in [-0.05, 0) is 30.7 Å². The van der Waals surface area contributed by atoms with Crippen molar-refractivity contribution in [3.05, 3.63) is 66.2 Å². The SMILES string of the molecule is C=C(C)N[C@H](COC)C(=O)NCC1=CCC(Oc2cccc(F)c2)C=C1. The third-order valence-electron chi connectivity index (χ3n) is 3.76. The van der Waals surface area contributed by atoms with Gasteiger partial charge >= 0.3 is 0 Å². The van der Waals surface area contributed by atoms with E-state index in [2.05, 4.69) is 17.2 Å². The van der Waals surface area contributed by atoms with Gasteiger partial charge in [-0.1, -0.05) is 24.8 Å². The van der Waals surface area contributed by atoms with Crippen molar-refractivity contribution in [1.29, 1.82) is 0 Å². The average Bonchev–Trinajstić information content (AvgIpc) is 2.60. The maximum atomic E-state index is 13.2. The van der Waals surface area contributed by atoms with E-state index in [0.29, 0.717) is 24.4 Å². The summed E-state index contributed by atoms with van der Waals surface area (Å²) in [4.78, 5) is 12.2. The average molecular weight is 360 g/mol. The maximum absolute atomic E-state index is 13.2. The van der Waals surface area contributed by atoms with E-state index in [1.165, 1.54) is 12.1 Å². The van der Waals surface area contributed by atoms with Gasteiger partial charge in [-0.3, -0.25) is 4.79 Å². The third-order valence-corrected chi connectivity index (χ3v) is 3.76. The molecule has 0 fully saturated rings. The zero-order valence-electron chi connectivity index (χ0n) is 15.1. The predicted molar refractivity (Wildman–Crippen MR) is 99.3 cm³/mol. The first-order valence-electron chi connectivity index (χ1n) is 8.46. The van der Waals surface area contributed by atoms with Gasteiger partial charge in [-0.15, -0.1) is 0 Å². The van der Waals surface area contributed by atoms with E-state index in [1.54, 1.807) is 26.2 Å². The summed E-state index contributed by atoms with van der Waals surface area (Å²) in [5, 5.41) is 5.87.